The standard InChI is InChI=1S/C16H21F3N2O2/c1-11(2)20-15(22)10-21-6-7-23-14(9-21)12-4-3-5-13(8-12)16(17,18)19/h3-5,8,11,14H,6-7,9-10H2,1-2H3,(H,20,22)/t14-/m0/s1. The number of morpholine rings is 1. The van der Waals surface area contributed by atoms with Gasteiger partial charge in [-0.15, -0.1) is 0 Å². The summed E-state index contributed by atoms with van der Waals surface area (Å²) in [4.78, 5) is 13.7. The van der Waals surface area contributed by atoms with Crippen LogP contribution in [-0.4, -0.2) is 43.1 Å². The quantitative estimate of drug-likeness (QED) is 0.923. The average Bonchev–Trinajstić information content (AvgIpc) is 2.46. The van der Waals surface area contributed by atoms with E-state index in [1.54, 1.807) is 6.07 Å². The Morgan fingerprint density at radius 2 is 2.17 bits per heavy atom. The molecular formula is C16H21F3N2O2. The molecule has 0 radical (unpaired) electrons. The lowest BCUT2D eigenvalue weighted by atomic mass is 10.0. The number of alkyl halides is 3. The van der Waals surface area contributed by atoms with E-state index in [1.807, 2.05) is 18.7 Å². The van der Waals surface area contributed by atoms with Crippen LogP contribution in [0.15, 0.2) is 24.3 Å². The minimum absolute atomic E-state index is 0.0582. The Balaban J connectivity index is 2.02. The van der Waals surface area contributed by atoms with Crippen molar-refractivity contribution in [3.8, 4) is 0 Å². The molecule has 1 aliphatic heterocycles. The summed E-state index contributed by atoms with van der Waals surface area (Å²) in [7, 11) is 0. The second-order valence-corrected chi connectivity index (χ2v) is 5.94. The van der Waals surface area contributed by atoms with Gasteiger partial charge in [0, 0.05) is 19.1 Å². The maximum Gasteiger partial charge on any atom is 0.416 e. The first kappa shape index (κ1) is 17.7. The summed E-state index contributed by atoms with van der Waals surface area (Å²) in [6.45, 7) is 5.34. The first-order valence-corrected chi connectivity index (χ1v) is 7.56. The number of hydrogen-bond donors (Lipinski definition) is 1. The van der Waals surface area contributed by atoms with Crippen molar-refractivity contribution in [3.05, 3.63) is 35.4 Å². The Morgan fingerprint density at radius 1 is 1.43 bits per heavy atom. The number of carbonyl (C=O) groups excluding carboxylic acids is 1. The molecule has 1 atom stereocenters. The molecule has 1 aliphatic rings. The fourth-order valence-corrected chi connectivity index (χ4v) is 2.53. The predicted molar refractivity (Wildman–Crippen MR) is 79.9 cm³/mol. The van der Waals surface area contributed by atoms with Gasteiger partial charge >= 0.3 is 6.18 Å². The van der Waals surface area contributed by atoms with Crippen molar-refractivity contribution in [1.29, 1.82) is 0 Å². The van der Waals surface area contributed by atoms with Crippen LogP contribution in [-0.2, 0) is 15.7 Å². The minimum Gasteiger partial charge on any atom is -0.371 e. The van der Waals surface area contributed by atoms with E-state index in [0.29, 0.717) is 25.3 Å². The molecule has 23 heavy (non-hydrogen) atoms. The lowest BCUT2D eigenvalue weighted by Gasteiger charge is -2.33. The number of nitrogens with one attached hydrogen (secondary N) is 1. The Labute approximate surface area is 133 Å². The van der Waals surface area contributed by atoms with Crippen LogP contribution < -0.4 is 5.32 Å². The fourth-order valence-electron chi connectivity index (χ4n) is 2.53. The van der Waals surface area contributed by atoms with E-state index in [0.717, 1.165) is 12.1 Å². The molecular weight excluding hydrogens is 309 g/mol. The average molecular weight is 330 g/mol. The normalized spacial score (nSPS) is 19.8. The van der Waals surface area contributed by atoms with Gasteiger partial charge in [-0.25, -0.2) is 0 Å². The lowest BCUT2D eigenvalue weighted by Crippen LogP contribution is -2.45. The lowest BCUT2D eigenvalue weighted by molar-refractivity contribution is -0.137. The summed E-state index contributed by atoms with van der Waals surface area (Å²) in [5.74, 6) is -0.0929. The molecule has 1 N–H and O–H groups in total. The Morgan fingerprint density at radius 3 is 2.83 bits per heavy atom. The van der Waals surface area contributed by atoms with Gasteiger partial charge in [-0.3, -0.25) is 9.69 Å². The first-order chi connectivity index (χ1) is 10.8. The van der Waals surface area contributed by atoms with E-state index < -0.39 is 17.8 Å². The number of amides is 1. The minimum atomic E-state index is -4.37. The highest BCUT2D eigenvalue weighted by Gasteiger charge is 2.32. The van der Waals surface area contributed by atoms with Crippen molar-refractivity contribution in [2.45, 2.75) is 32.2 Å². The zero-order valence-electron chi connectivity index (χ0n) is 13.2. The second-order valence-electron chi connectivity index (χ2n) is 5.94. The topological polar surface area (TPSA) is 41.6 Å². The van der Waals surface area contributed by atoms with Crippen LogP contribution in [0.5, 0.6) is 0 Å². The van der Waals surface area contributed by atoms with E-state index in [-0.39, 0.29) is 18.5 Å². The molecule has 1 amide bonds. The zero-order chi connectivity index (χ0) is 17.0. The molecule has 1 aromatic carbocycles. The molecule has 0 aliphatic carbocycles. The molecule has 1 heterocycles. The van der Waals surface area contributed by atoms with Gasteiger partial charge in [-0.2, -0.15) is 13.2 Å². The number of rotatable bonds is 4. The molecule has 0 bridgehead atoms. The Bertz CT molecular complexity index is 546. The van der Waals surface area contributed by atoms with Gasteiger partial charge in [0.05, 0.1) is 24.8 Å². The fraction of sp³-hybridized carbons (Fsp3) is 0.562. The van der Waals surface area contributed by atoms with Gasteiger partial charge in [-0.05, 0) is 31.5 Å². The third-order valence-corrected chi connectivity index (χ3v) is 3.55. The molecule has 1 aromatic rings. The van der Waals surface area contributed by atoms with Crippen LogP contribution >= 0.6 is 0 Å². The van der Waals surface area contributed by atoms with Gasteiger partial charge in [-0.1, -0.05) is 12.1 Å². The second kappa shape index (κ2) is 7.31. The maximum atomic E-state index is 12.8. The summed E-state index contributed by atoms with van der Waals surface area (Å²) in [5.41, 5.74) is -0.206. The third-order valence-electron chi connectivity index (χ3n) is 3.55. The van der Waals surface area contributed by atoms with Crippen LogP contribution in [0.1, 0.15) is 31.1 Å². The van der Waals surface area contributed by atoms with Crippen LogP contribution in [0.25, 0.3) is 0 Å². The third kappa shape index (κ3) is 5.21. The maximum absolute atomic E-state index is 12.8. The molecule has 0 unspecified atom stereocenters. The smallest absolute Gasteiger partial charge is 0.371 e. The van der Waals surface area contributed by atoms with Crippen molar-refractivity contribution >= 4 is 5.91 Å². The monoisotopic (exact) mass is 330 g/mol. The molecule has 7 heteroatoms. The van der Waals surface area contributed by atoms with Crippen molar-refractivity contribution in [1.82, 2.24) is 10.2 Å². The zero-order valence-corrected chi connectivity index (χ0v) is 13.2. The largest absolute Gasteiger partial charge is 0.416 e. The Hall–Kier alpha value is -1.60. The van der Waals surface area contributed by atoms with Crippen molar-refractivity contribution in [2.24, 2.45) is 0 Å². The van der Waals surface area contributed by atoms with E-state index >= 15 is 0 Å². The van der Waals surface area contributed by atoms with Gasteiger partial charge in [0.25, 0.3) is 0 Å². The van der Waals surface area contributed by atoms with E-state index in [4.69, 9.17) is 4.74 Å². The van der Waals surface area contributed by atoms with Crippen LogP contribution in [0.2, 0.25) is 0 Å². The predicted octanol–water partition coefficient (Wildman–Crippen LogP) is 2.60. The molecule has 2 rings (SSSR count). The van der Waals surface area contributed by atoms with Crippen molar-refractivity contribution in [3.63, 3.8) is 0 Å². The summed E-state index contributed by atoms with van der Waals surface area (Å²) in [5, 5.41) is 2.80. The van der Waals surface area contributed by atoms with E-state index in [1.165, 1.54) is 6.07 Å². The molecule has 0 saturated carbocycles. The summed E-state index contributed by atoms with van der Waals surface area (Å²) in [6.07, 6.45) is -4.83. The summed E-state index contributed by atoms with van der Waals surface area (Å²) in [6, 6.07) is 5.22. The highest BCUT2D eigenvalue weighted by molar-refractivity contribution is 5.78. The van der Waals surface area contributed by atoms with E-state index in [9.17, 15) is 18.0 Å². The van der Waals surface area contributed by atoms with E-state index in [2.05, 4.69) is 5.32 Å². The van der Waals surface area contributed by atoms with Gasteiger partial charge in [0.1, 0.15) is 0 Å². The highest BCUT2D eigenvalue weighted by atomic mass is 19.4. The van der Waals surface area contributed by atoms with Crippen molar-refractivity contribution < 1.29 is 22.7 Å². The molecule has 0 aromatic heterocycles. The Kier molecular flexibility index (Phi) is 5.64. The number of ether oxygens (including phenoxy) is 1. The molecule has 128 valence electrons. The molecule has 0 spiro atoms. The summed E-state index contributed by atoms with van der Waals surface area (Å²) >= 11 is 0. The number of halogens is 3. The number of hydrogen-bond acceptors (Lipinski definition) is 3. The summed E-state index contributed by atoms with van der Waals surface area (Å²) < 4.78 is 44.0. The number of benzene rings is 1. The number of carbonyl (C=O) groups is 1. The first-order valence-electron chi connectivity index (χ1n) is 7.56. The van der Waals surface area contributed by atoms with Crippen LogP contribution in [0, 0.1) is 0 Å². The van der Waals surface area contributed by atoms with Gasteiger partial charge in [0.2, 0.25) is 5.91 Å². The van der Waals surface area contributed by atoms with Crippen LogP contribution in [0.3, 0.4) is 0 Å². The SMILES string of the molecule is CC(C)NC(=O)CN1CCO[C@H](c2cccc(C(F)(F)F)c2)C1. The number of nitrogens with zero attached hydrogens (tertiary/aromatic N) is 1. The molecule has 1 fully saturated rings. The van der Waals surface area contributed by atoms with Gasteiger partial charge < -0.3 is 10.1 Å². The van der Waals surface area contributed by atoms with Crippen LogP contribution in [0.4, 0.5) is 13.2 Å². The molecule has 4 nitrogen and oxygen atoms in total. The highest BCUT2D eigenvalue weighted by Crippen LogP contribution is 2.32. The van der Waals surface area contributed by atoms with Gasteiger partial charge in [0.15, 0.2) is 0 Å². The van der Waals surface area contributed by atoms with Crippen molar-refractivity contribution in [2.75, 3.05) is 26.2 Å². The molecule has 1 saturated heterocycles.